The van der Waals surface area contributed by atoms with Gasteiger partial charge in [-0.1, -0.05) is 33.6 Å². The van der Waals surface area contributed by atoms with Crippen molar-refractivity contribution in [2.45, 2.75) is 66.7 Å². The van der Waals surface area contributed by atoms with Crippen molar-refractivity contribution < 1.29 is 19.1 Å². The maximum atomic E-state index is 12.0. The van der Waals surface area contributed by atoms with Crippen LogP contribution in [-0.2, 0) is 19.1 Å². The predicted octanol–water partition coefficient (Wildman–Crippen LogP) is 3.97. The van der Waals surface area contributed by atoms with E-state index in [1.807, 2.05) is 0 Å². The minimum atomic E-state index is -0.754. The van der Waals surface area contributed by atoms with Crippen LogP contribution in [0.1, 0.15) is 66.7 Å². The van der Waals surface area contributed by atoms with Crippen LogP contribution >= 0.6 is 0 Å². The highest BCUT2D eigenvalue weighted by molar-refractivity contribution is 5.94. The molecule has 0 aromatic heterocycles. The fraction of sp³-hybridized carbons (Fsp3) is 0.889. The molecule has 0 aromatic rings. The highest BCUT2D eigenvalue weighted by Gasteiger charge is 2.35. The summed E-state index contributed by atoms with van der Waals surface area (Å²) in [5.41, 5.74) is 0.340. The number of rotatable bonds is 6. The maximum absolute atomic E-state index is 12.0. The second kappa shape index (κ2) is 8.54. The van der Waals surface area contributed by atoms with Gasteiger partial charge in [-0.05, 0) is 50.4 Å². The van der Waals surface area contributed by atoms with Crippen molar-refractivity contribution in [3.05, 3.63) is 0 Å². The molecule has 0 amide bonds. The minimum absolute atomic E-state index is 0.297. The fourth-order valence-corrected chi connectivity index (χ4v) is 3.37. The first-order chi connectivity index (χ1) is 10.3. The van der Waals surface area contributed by atoms with Gasteiger partial charge in [0.05, 0.1) is 13.2 Å². The second-order valence-electron chi connectivity index (χ2n) is 7.38. The van der Waals surface area contributed by atoms with E-state index in [4.69, 9.17) is 9.47 Å². The van der Waals surface area contributed by atoms with E-state index in [0.717, 1.165) is 18.8 Å². The largest absolute Gasteiger partial charge is 0.465 e. The molecule has 1 aliphatic rings. The number of carbonyl (C=O) groups is 2. The van der Waals surface area contributed by atoms with Gasteiger partial charge in [0, 0.05) is 0 Å². The number of hydrogen-bond donors (Lipinski definition) is 0. The zero-order valence-electron chi connectivity index (χ0n) is 14.8. The summed E-state index contributed by atoms with van der Waals surface area (Å²) < 4.78 is 10.1. The zero-order chi connectivity index (χ0) is 16.8. The molecule has 1 aliphatic carbocycles. The van der Waals surface area contributed by atoms with Gasteiger partial charge in [-0.25, -0.2) is 0 Å². The van der Waals surface area contributed by atoms with Crippen molar-refractivity contribution in [2.75, 3.05) is 13.2 Å². The first-order valence-electron chi connectivity index (χ1n) is 8.62. The molecule has 1 saturated carbocycles. The molecule has 0 aliphatic heterocycles. The van der Waals surface area contributed by atoms with Crippen molar-refractivity contribution in [1.82, 2.24) is 0 Å². The Labute approximate surface area is 134 Å². The molecule has 1 fully saturated rings. The van der Waals surface area contributed by atoms with Crippen LogP contribution in [0.4, 0.5) is 0 Å². The number of hydrogen-bond acceptors (Lipinski definition) is 4. The summed E-state index contributed by atoms with van der Waals surface area (Å²) in [4.78, 5) is 24.1. The van der Waals surface area contributed by atoms with Crippen LogP contribution in [0, 0.1) is 23.2 Å². The first kappa shape index (κ1) is 19.0. The summed E-state index contributed by atoms with van der Waals surface area (Å²) in [6.45, 7) is 11.0. The Hall–Kier alpha value is -1.06. The van der Waals surface area contributed by atoms with Crippen molar-refractivity contribution in [1.29, 1.82) is 0 Å². The van der Waals surface area contributed by atoms with E-state index < -0.39 is 17.9 Å². The average Bonchev–Trinajstić information content (AvgIpc) is 2.44. The van der Waals surface area contributed by atoms with Crippen LogP contribution in [0.5, 0.6) is 0 Å². The summed E-state index contributed by atoms with van der Waals surface area (Å²) in [6, 6.07) is 0. The van der Waals surface area contributed by atoms with Gasteiger partial charge in [0.2, 0.25) is 0 Å². The van der Waals surface area contributed by atoms with Crippen LogP contribution < -0.4 is 0 Å². The fourth-order valence-electron chi connectivity index (χ4n) is 3.37. The van der Waals surface area contributed by atoms with Gasteiger partial charge < -0.3 is 9.47 Å². The molecule has 0 aromatic carbocycles. The van der Waals surface area contributed by atoms with Gasteiger partial charge in [-0.15, -0.1) is 0 Å². The van der Waals surface area contributed by atoms with E-state index in [1.165, 1.54) is 12.8 Å². The molecule has 0 atom stereocenters. The van der Waals surface area contributed by atoms with Crippen LogP contribution in [0.25, 0.3) is 0 Å². The quantitative estimate of drug-likeness (QED) is 0.550. The highest BCUT2D eigenvalue weighted by atomic mass is 16.6. The molecular weight excluding hydrogens is 280 g/mol. The number of esters is 2. The molecule has 0 spiro atoms. The SMILES string of the molecule is CCOC(=O)C(CC1CCC(C(C)(C)C)CC1)C(=O)OCC. The third kappa shape index (κ3) is 5.62. The monoisotopic (exact) mass is 312 g/mol. The molecule has 0 N–H and O–H groups in total. The summed E-state index contributed by atoms with van der Waals surface area (Å²) in [5, 5.41) is 0. The van der Waals surface area contributed by atoms with E-state index in [0.29, 0.717) is 31.0 Å². The van der Waals surface area contributed by atoms with E-state index in [2.05, 4.69) is 20.8 Å². The van der Waals surface area contributed by atoms with E-state index in [1.54, 1.807) is 13.8 Å². The second-order valence-corrected chi connectivity index (χ2v) is 7.38. The van der Waals surface area contributed by atoms with Crippen molar-refractivity contribution in [2.24, 2.45) is 23.2 Å². The molecule has 22 heavy (non-hydrogen) atoms. The Kier molecular flexibility index (Phi) is 7.37. The average molecular weight is 312 g/mol. The summed E-state index contributed by atoms with van der Waals surface area (Å²) in [6.07, 6.45) is 5.07. The molecule has 0 heterocycles. The lowest BCUT2D eigenvalue weighted by Crippen LogP contribution is -2.32. The Bertz CT molecular complexity index is 344. The van der Waals surface area contributed by atoms with Crippen LogP contribution in [-0.4, -0.2) is 25.2 Å². The molecule has 0 unspecified atom stereocenters. The Morgan fingerprint density at radius 2 is 1.41 bits per heavy atom. The highest BCUT2D eigenvalue weighted by Crippen LogP contribution is 2.41. The lowest BCUT2D eigenvalue weighted by Gasteiger charge is -2.37. The lowest BCUT2D eigenvalue weighted by atomic mass is 9.68. The summed E-state index contributed by atoms with van der Waals surface area (Å²) in [5.74, 6) is -0.473. The zero-order valence-corrected chi connectivity index (χ0v) is 14.8. The van der Waals surface area contributed by atoms with Gasteiger partial charge in [0.1, 0.15) is 0 Å². The molecule has 0 radical (unpaired) electrons. The number of ether oxygens (including phenoxy) is 2. The lowest BCUT2D eigenvalue weighted by molar-refractivity contribution is -0.162. The van der Waals surface area contributed by atoms with Gasteiger partial charge in [0.15, 0.2) is 5.92 Å². The standard InChI is InChI=1S/C18H32O4/c1-6-21-16(19)15(17(20)22-7-2)12-13-8-10-14(11-9-13)18(3,4)5/h13-15H,6-12H2,1-5H3. The van der Waals surface area contributed by atoms with Gasteiger partial charge in [-0.3, -0.25) is 9.59 Å². The topological polar surface area (TPSA) is 52.6 Å². The van der Waals surface area contributed by atoms with Crippen molar-refractivity contribution in [3.8, 4) is 0 Å². The molecule has 1 rings (SSSR count). The maximum Gasteiger partial charge on any atom is 0.320 e. The third-order valence-corrected chi connectivity index (χ3v) is 4.78. The Morgan fingerprint density at radius 1 is 0.955 bits per heavy atom. The van der Waals surface area contributed by atoms with Gasteiger partial charge in [-0.2, -0.15) is 0 Å². The minimum Gasteiger partial charge on any atom is -0.465 e. The molecule has 4 heteroatoms. The van der Waals surface area contributed by atoms with Crippen LogP contribution in [0.15, 0.2) is 0 Å². The van der Waals surface area contributed by atoms with Crippen LogP contribution in [0.2, 0.25) is 0 Å². The third-order valence-electron chi connectivity index (χ3n) is 4.78. The van der Waals surface area contributed by atoms with Gasteiger partial charge >= 0.3 is 11.9 Å². The Balaban J connectivity index is 2.60. The molecule has 4 nitrogen and oxygen atoms in total. The number of carbonyl (C=O) groups excluding carboxylic acids is 2. The van der Waals surface area contributed by atoms with Crippen LogP contribution in [0.3, 0.4) is 0 Å². The van der Waals surface area contributed by atoms with E-state index in [-0.39, 0.29) is 0 Å². The Morgan fingerprint density at radius 3 is 1.77 bits per heavy atom. The van der Waals surface area contributed by atoms with Gasteiger partial charge in [0.25, 0.3) is 0 Å². The predicted molar refractivity (Wildman–Crippen MR) is 86.3 cm³/mol. The molecule has 0 saturated heterocycles. The van der Waals surface area contributed by atoms with Crippen molar-refractivity contribution >= 4 is 11.9 Å². The molecule has 0 bridgehead atoms. The van der Waals surface area contributed by atoms with E-state index >= 15 is 0 Å². The summed E-state index contributed by atoms with van der Waals surface area (Å²) in [7, 11) is 0. The van der Waals surface area contributed by atoms with Crippen molar-refractivity contribution in [3.63, 3.8) is 0 Å². The molecular formula is C18H32O4. The normalized spacial score (nSPS) is 22.5. The molecule has 128 valence electrons. The first-order valence-corrected chi connectivity index (χ1v) is 8.62. The van der Waals surface area contributed by atoms with E-state index in [9.17, 15) is 9.59 Å². The summed E-state index contributed by atoms with van der Waals surface area (Å²) >= 11 is 0. The smallest absolute Gasteiger partial charge is 0.320 e.